The van der Waals surface area contributed by atoms with Gasteiger partial charge in [0, 0.05) is 24.3 Å². The second-order valence-electron chi connectivity index (χ2n) is 4.50. The molecule has 102 valence electrons. The van der Waals surface area contributed by atoms with Crippen molar-refractivity contribution in [3.05, 3.63) is 48.2 Å². The topological polar surface area (TPSA) is 94.2 Å². The first-order chi connectivity index (χ1) is 9.69. The van der Waals surface area contributed by atoms with Crippen LogP contribution < -0.4 is 5.73 Å². The Morgan fingerprint density at radius 1 is 1.40 bits per heavy atom. The molecule has 7 nitrogen and oxygen atoms in total. The van der Waals surface area contributed by atoms with Gasteiger partial charge in [0.05, 0.1) is 6.54 Å². The van der Waals surface area contributed by atoms with Gasteiger partial charge in [0.1, 0.15) is 12.2 Å². The molecule has 0 spiro atoms. The molecule has 3 aromatic rings. The molecule has 1 aromatic carbocycles. The van der Waals surface area contributed by atoms with Crippen molar-refractivity contribution >= 4 is 16.7 Å². The van der Waals surface area contributed by atoms with Crippen molar-refractivity contribution in [3.8, 4) is 0 Å². The third-order valence-electron chi connectivity index (χ3n) is 3.29. The zero-order valence-corrected chi connectivity index (χ0v) is 10.9. The number of nitrogens with zero attached hydrogens (tertiary/aromatic N) is 5. The van der Waals surface area contributed by atoms with E-state index < -0.39 is 0 Å². The highest BCUT2D eigenvalue weighted by Crippen LogP contribution is 2.18. The molecule has 0 amide bonds. The van der Waals surface area contributed by atoms with Crippen LogP contribution in [0.1, 0.15) is 11.4 Å². The zero-order valence-electron chi connectivity index (χ0n) is 10.9. The van der Waals surface area contributed by atoms with Crippen molar-refractivity contribution in [2.24, 2.45) is 17.9 Å². The van der Waals surface area contributed by atoms with Crippen molar-refractivity contribution in [2.45, 2.75) is 6.54 Å². The Balaban J connectivity index is 2.05. The molecule has 0 fully saturated rings. The van der Waals surface area contributed by atoms with Gasteiger partial charge in [-0.05, 0) is 17.5 Å². The Bertz CT molecular complexity index is 785. The minimum atomic E-state index is 0.0957. The van der Waals surface area contributed by atoms with Crippen LogP contribution in [0.15, 0.2) is 41.9 Å². The van der Waals surface area contributed by atoms with Crippen LogP contribution in [-0.2, 0) is 13.6 Å². The van der Waals surface area contributed by atoms with Crippen LogP contribution in [-0.4, -0.2) is 30.4 Å². The summed E-state index contributed by atoms with van der Waals surface area (Å²) in [6.07, 6.45) is 3.51. The fraction of sp³-hybridized carbons (Fsp3) is 0.154. The van der Waals surface area contributed by atoms with Gasteiger partial charge in [-0.1, -0.05) is 17.3 Å². The van der Waals surface area contributed by atoms with Crippen molar-refractivity contribution in [2.75, 3.05) is 0 Å². The zero-order chi connectivity index (χ0) is 14.1. The molecule has 0 atom stereocenters. The fourth-order valence-corrected chi connectivity index (χ4v) is 2.15. The molecule has 0 aliphatic rings. The predicted molar refractivity (Wildman–Crippen MR) is 74.6 cm³/mol. The molecule has 0 saturated heterocycles. The molecule has 2 aromatic heterocycles. The third kappa shape index (κ3) is 1.99. The first kappa shape index (κ1) is 12.2. The maximum atomic E-state index is 8.76. The van der Waals surface area contributed by atoms with E-state index in [4.69, 9.17) is 10.9 Å². The number of rotatable bonds is 3. The van der Waals surface area contributed by atoms with Crippen LogP contribution in [0.4, 0.5) is 0 Å². The lowest BCUT2D eigenvalue weighted by Crippen LogP contribution is -2.13. The lowest BCUT2D eigenvalue weighted by Gasteiger charge is -2.06. The second kappa shape index (κ2) is 4.69. The molecule has 3 rings (SSSR count). The van der Waals surface area contributed by atoms with E-state index in [1.54, 1.807) is 4.68 Å². The monoisotopic (exact) mass is 270 g/mol. The summed E-state index contributed by atoms with van der Waals surface area (Å²) in [7, 11) is 1.86. The predicted octanol–water partition coefficient (Wildman–Crippen LogP) is 0.913. The SMILES string of the molecule is Cn1ncnc1Cn1ccc2ccc(/C(N)=N/O)cc21. The molecule has 20 heavy (non-hydrogen) atoms. The third-order valence-corrected chi connectivity index (χ3v) is 3.29. The van der Waals surface area contributed by atoms with Gasteiger partial charge in [0.15, 0.2) is 5.84 Å². The number of aromatic nitrogens is 4. The van der Waals surface area contributed by atoms with Gasteiger partial charge in [-0.15, -0.1) is 0 Å². The van der Waals surface area contributed by atoms with Crippen LogP contribution in [0.25, 0.3) is 10.9 Å². The van der Waals surface area contributed by atoms with E-state index in [2.05, 4.69) is 15.2 Å². The molecule has 0 unspecified atom stereocenters. The second-order valence-corrected chi connectivity index (χ2v) is 4.50. The number of fused-ring (bicyclic) bond motifs is 1. The molecular weight excluding hydrogens is 256 g/mol. The summed E-state index contributed by atoms with van der Waals surface area (Å²) in [4.78, 5) is 4.21. The van der Waals surface area contributed by atoms with Crippen LogP contribution in [0.5, 0.6) is 0 Å². The summed E-state index contributed by atoms with van der Waals surface area (Å²) in [5.74, 6) is 0.954. The quantitative estimate of drug-likeness (QED) is 0.320. The number of aryl methyl sites for hydroxylation is 1. The number of hydrogen-bond acceptors (Lipinski definition) is 4. The molecule has 0 aliphatic carbocycles. The Hall–Kier alpha value is -2.83. The van der Waals surface area contributed by atoms with E-state index in [1.807, 2.05) is 42.1 Å². The first-order valence-electron chi connectivity index (χ1n) is 6.08. The van der Waals surface area contributed by atoms with Crippen LogP contribution in [0, 0.1) is 0 Å². The van der Waals surface area contributed by atoms with Gasteiger partial charge < -0.3 is 15.5 Å². The normalized spacial score (nSPS) is 12.2. The van der Waals surface area contributed by atoms with E-state index in [1.165, 1.54) is 6.33 Å². The number of amidine groups is 1. The molecule has 3 N–H and O–H groups in total. The first-order valence-corrected chi connectivity index (χ1v) is 6.08. The standard InChI is InChI=1S/C13H14N6O/c1-18-12(15-8-16-18)7-19-5-4-9-2-3-10(6-11(9)19)13(14)17-20/h2-6,8,20H,7H2,1H3,(H2,14,17). The summed E-state index contributed by atoms with van der Waals surface area (Å²) < 4.78 is 3.78. The minimum absolute atomic E-state index is 0.0957. The highest BCUT2D eigenvalue weighted by Gasteiger charge is 2.07. The average molecular weight is 270 g/mol. The van der Waals surface area contributed by atoms with Crippen molar-refractivity contribution < 1.29 is 5.21 Å². The highest BCUT2D eigenvalue weighted by atomic mass is 16.4. The lowest BCUT2D eigenvalue weighted by molar-refractivity contribution is 0.318. The minimum Gasteiger partial charge on any atom is -0.409 e. The molecule has 0 saturated carbocycles. The van der Waals surface area contributed by atoms with E-state index in [0.29, 0.717) is 12.1 Å². The smallest absolute Gasteiger partial charge is 0.170 e. The molecule has 0 radical (unpaired) electrons. The molecular formula is C13H14N6O. The Morgan fingerprint density at radius 2 is 2.25 bits per heavy atom. The van der Waals surface area contributed by atoms with Crippen molar-refractivity contribution in [1.82, 2.24) is 19.3 Å². The fourth-order valence-electron chi connectivity index (χ4n) is 2.15. The highest BCUT2D eigenvalue weighted by molar-refractivity contribution is 6.00. The van der Waals surface area contributed by atoms with Crippen LogP contribution in [0.3, 0.4) is 0 Å². The molecule has 0 aliphatic heterocycles. The van der Waals surface area contributed by atoms with E-state index in [9.17, 15) is 0 Å². The van der Waals surface area contributed by atoms with E-state index in [-0.39, 0.29) is 5.84 Å². The van der Waals surface area contributed by atoms with Crippen LogP contribution >= 0.6 is 0 Å². The number of nitrogens with two attached hydrogens (primary N) is 1. The summed E-state index contributed by atoms with van der Waals surface area (Å²) >= 11 is 0. The van der Waals surface area contributed by atoms with Crippen molar-refractivity contribution in [3.63, 3.8) is 0 Å². The summed E-state index contributed by atoms with van der Waals surface area (Å²) in [6, 6.07) is 7.67. The Labute approximate surface area is 114 Å². The molecule has 7 heteroatoms. The summed E-state index contributed by atoms with van der Waals surface area (Å²) in [5, 5.41) is 16.9. The van der Waals surface area contributed by atoms with E-state index in [0.717, 1.165) is 16.7 Å². The summed E-state index contributed by atoms with van der Waals surface area (Å²) in [6.45, 7) is 0.611. The average Bonchev–Trinajstić information content (AvgIpc) is 3.05. The number of oxime groups is 1. The number of benzene rings is 1. The van der Waals surface area contributed by atoms with Gasteiger partial charge in [-0.25, -0.2) is 4.98 Å². The summed E-state index contributed by atoms with van der Waals surface area (Å²) in [5.41, 5.74) is 7.30. The largest absolute Gasteiger partial charge is 0.409 e. The maximum Gasteiger partial charge on any atom is 0.170 e. The van der Waals surface area contributed by atoms with Crippen molar-refractivity contribution in [1.29, 1.82) is 0 Å². The molecule has 0 bridgehead atoms. The Kier molecular flexibility index (Phi) is 2.86. The maximum absolute atomic E-state index is 8.76. The van der Waals surface area contributed by atoms with Gasteiger partial charge in [-0.3, -0.25) is 4.68 Å². The van der Waals surface area contributed by atoms with Gasteiger partial charge in [0.25, 0.3) is 0 Å². The number of hydrogen-bond donors (Lipinski definition) is 2. The molecule has 2 heterocycles. The Morgan fingerprint density at radius 3 is 2.95 bits per heavy atom. The van der Waals surface area contributed by atoms with Gasteiger partial charge >= 0.3 is 0 Å². The van der Waals surface area contributed by atoms with Gasteiger partial charge in [0.2, 0.25) is 0 Å². The van der Waals surface area contributed by atoms with Crippen LogP contribution in [0.2, 0.25) is 0 Å². The van der Waals surface area contributed by atoms with E-state index >= 15 is 0 Å². The van der Waals surface area contributed by atoms with Gasteiger partial charge in [-0.2, -0.15) is 5.10 Å². The lowest BCUT2D eigenvalue weighted by atomic mass is 10.1.